The molecule has 0 radical (unpaired) electrons. The number of nitrogens with zero attached hydrogens (tertiary/aromatic N) is 2. The van der Waals surface area contributed by atoms with E-state index in [1.165, 1.54) is 0 Å². The fourth-order valence-corrected chi connectivity index (χ4v) is 2.67. The van der Waals surface area contributed by atoms with Crippen LogP contribution in [0.3, 0.4) is 0 Å². The molecular formula is C16H16FN3O. The van der Waals surface area contributed by atoms with Crippen molar-refractivity contribution in [2.24, 2.45) is 0 Å². The molecule has 0 unspecified atom stereocenters. The lowest BCUT2D eigenvalue weighted by Crippen LogP contribution is -2.32. The number of pyridine rings is 1. The number of hydrogen-bond acceptors (Lipinski definition) is 3. The molecule has 21 heavy (non-hydrogen) atoms. The van der Waals surface area contributed by atoms with Crippen molar-refractivity contribution in [2.45, 2.75) is 19.3 Å². The van der Waals surface area contributed by atoms with Gasteiger partial charge in [0.25, 0.3) is 5.91 Å². The van der Waals surface area contributed by atoms with E-state index in [-0.39, 0.29) is 17.3 Å². The molecule has 4 nitrogen and oxygen atoms in total. The Morgan fingerprint density at radius 1 is 1.29 bits per heavy atom. The van der Waals surface area contributed by atoms with Gasteiger partial charge in [-0.1, -0.05) is 18.2 Å². The normalized spacial score (nSPS) is 14.4. The van der Waals surface area contributed by atoms with Crippen molar-refractivity contribution in [2.75, 3.05) is 17.2 Å². The number of nitrogens with two attached hydrogens (primary N) is 1. The van der Waals surface area contributed by atoms with Crippen LogP contribution in [0, 0.1) is 5.82 Å². The molecular weight excluding hydrogens is 269 g/mol. The van der Waals surface area contributed by atoms with Crippen LogP contribution in [0.4, 0.5) is 15.9 Å². The third-order valence-electron chi connectivity index (χ3n) is 3.72. The summed E-state index contributed by atoms with van der Waals surface area (Å²) < 4.78 is 13.4. The zero-order valence-corrected chi connectivity index (χ0v) is 11.6. The van der Waals surface area contributed by atoms with Crippen LogP contribution in [0.5, 0.6) is 0 Å². The summed E-state index contributed by atoms with van der Waals surface area (Å²) in [6.45, 7) is 0.603. The average molecular weight is 285 g/mol. The molecule has 0 spiro atoms. The van der Waals surface area contributed by atoms with Crippen molar-refractivity contribution < 1.29 is 9.18 Å². The molecule has 108 valence electrons. The fraction of sp³-hybridized carbons (Fsp3) is 0.250. The van der Waals surface area contributed by atoms with E-state index in [0.717, 1.165) is 42.8 Å². The van der Waals surface area contributed by atoms with E-state index in [1.54, 1.807) is 4.90 Å². The minimum atomic E-state index is -0.560. The number of carbonyl (C=O) groups is 1. The number of benzene rings is 1. The van der Waals surface area contributed by atoms with E-state index in [0.29, 0.717) is 6.54 Å². The Kier molecular flexibility index (Phi) is 3.56. The second kappa shape index (κ2) is 5.52. The molecule has 0 aliphatic carbocycles. The molecule has 1 aliphatic rings. The first-order valence-electron chi connectivity index (χ1n) is 6.97. The lowest BCUT2D eigenvalue weighted by molar-refractivity contribution is 0.0987. The van der Waals surface area contributed by atoms with Gasteiger partial charge < -0.3 is 10.6 Å². The summed E-state index contributed by atoms with van der Waals surface area (Å²) in [6.07, 6.45) is 3.89. The number of aryl methyl sites for hydroxylation is 1. The Hall–Kier alpha value is -2.43. The molecule has 3 rings (SSSR count). The van der Waals surface area contributed by atoms with Gasteiger partial charge in [-0.05, 0) is 37.0 Å². The topological polar surface area (TPSA) is 59.2 Å². The number of nitrogen functional groups attached to an aromatic ring is 1. The summed E-state index contributed by atoms with van der Waals surface area (Å²) in [5, 5.41) is 0. The summed E-state index contributed by atoms with van der Waals surface area (Å²) >= 11 is 0. The number of rotatable bonds is 1. The third kappa shape index (κ3) is 2.59. The zero-order chi connectivity index (χ0) is 14.8. The van der Waals surface area contributed by atoms with E-state index in [4.69, 9.17) is 5.73 Å². The van der Waals surface area contributed by atoms with Crippen molar-refractivity contribution in [3.8, 4) is 0 Å². The quantitative estimate of drug-likeness (QED) is 0.876. The van der Waals surface area contributed by atoms with Gasteiger partial charge in [0, 0.05) is 12.2 Å². The molecule has 1 amide bonds. The maximum Gasteiger partial charge on any atom is 0.262 e. The second-order valence-corrected chi connectivity index (χ2v) is 5.13. The average Bonchev–Trinajstić information content (AvgIpc) is 2.71. The number of halogens is 1. The van der Waals surface area contributed by atoms with E-state index in [9.17, 15) is 9.18 Å². The van der Waals surface area contributed by atoms with Gasteiger partial charge >= 0.3 is 0 Å². The standard InChI is InChI=1S/C16H16FN3O/c17-12-9-13(15(18)19-10-12)16(21)20-8-4-3-6-11-5-1-2-7-14(11)20/h1-2,5,7,9-10H,3-4,6,8H2,(H2,18,19). The van der Waals surface area contributed by atoms with E-state index in [1.807, 2.05) is 24.3 Å². The molecule has 0 saturated carbocycles. The first kappa shape index (κ1) is 13.5. The van der Waals surface area contributed by atoms with Crippen LogP contribution in [-0.4, -0.2) is 17.4 Å². The monoisotopic (exact) mass is 285 g/mol. The number of hydrogen-bond donors (Lipinski definition) is 1. The second-order valence-electron chi connectivity index (χ2n) is 5.13. The van der Waals surface area contributed by atoms with E-state index >= 15 is 0 Å². The van der Waals surface area contributed by atoms with Crippen LogP contribution in [0.2, 0.25) is 0 Å². The van der Waals surface area contributed by atoms with Gasteiger partial charge in [-0.2, -0.15) is 0 Å². The molecule has 1 aromatic heterocycles. The molecule has 2 aromatic rings. The molecule has 0 fully saturated rings. The molecule has 2 N–H and O–H groups in total. The third-order valence-corrected chi connectivity index (χ3v) is 3.72. The highest BCUT2D eigenvalue weighted by molar-refractivity contribution is 6.09. The lowest BCUT2D eigenvalue weighted by Gasteiger charge is -2.23. The smallest absolute Gasteiger partial charge is 0.262 e. The zero-order valence-electron chi connectivity index (χ0n) is 11.6. The van der Waals surface area contributed by atoms with Gasteiger partial charge in [0.15, 0.2) is 0 Å². The van der Waals surface area contributed by atoms with Gasteiger partial charge in [-0.25, -0.2) is 9.37 Å². The van der Waals surface area contributed by atoms with Crippen molar-refractivity contribution in [3.63, 3.8) is 0 Å². The Morgan fingerprint density at radius 2 is 2.10 bits per heavy atom. The van der Waals surface area contributed by atoms with Gasteiger partial charge in [-0.15, -0.1) is 0 Å². The van der Waals surface area contributed by atoms with E-state index < -0.39 is 5.82 Å². The van der Waals surface area contributed by atoms with Crippen LogP contribution in [0.15, 0.2) is 36.5 Å². The summed E-state index contributed by atoms with van der Waals surface area (Å²) in [5.74, 6) is -0.798. The molecule has 0 bridgehead atoms. The summed E-state index contributed by atoms with van der Waals surface area (Å²) in [6, 6.07) is 8.95. The van der Waals surface area contributed by atoms with Gasteiger partial charge in [0.05, 0.1) is 11.8 Å². The highest BCUT2D eigenvalue weighted by Gasteiger charge is 2.24. The van der Waals surface area contributed by atoms with Crippen molar-refractivity contribution in [1.82, 2.24) is 4.98 Å². The van der Waals surface area contributed by atoms with Crippen LogP contribution < -0.4 is 10.6 Å². The number of para-hydroxylation sites is 1. The number of carbonyl (C=O) groups excluding carboxylic acids is 1. The summed E-state index contributed by atoms with van der Waals surface area (Å²) in [7, 11) is 0. The Bertz CT molecular complexity index is 687. The maximum atomic E-state index is 13.4. The first-order valence-corrected chi connectivity index (χ1v) is 6.97. The van der Waals surface area contributed by atoms with Crippen LogP contribution in [0.25, 0.3) is 0 Å². The molecule has 0 saturated heterocycles. The molecule has 1 aliphatic heterocycles. The minimum absolute atomic E-state index is 0.0585. The SMILES string of the molecule is Nc1ncc(F)cc1C(=O)N1CCCCc2ccccc21. The first-order chi connectivity index (χ1) is 10.2. The molecule has 2 heterocycles. The fourth-order valence-electron chi connectivity index (χ4n) is 2.67. The minimum Gasteiger partial charge on any atom is -0.383 e. The van der Waals surface area contributed by atoms with Crippen LogP contribution >= 0.6 is 0 Å². The number of aromatic nitrogens is 1. The Balaban J connectivity index is 2.03. The number of amides is 1. The van der Waals surface area contributed by atoms with Gasteiger partial charge in [-0.3, -0.25) is 4.79 Å². The van der Waals surface area contributed by atoms with Gasteiger partial charge in [0.2, 0.25) is 0 Å². The Labute approximate surface area is 122 Å². The summed E-state index contributed by atoms with van der Waals surface area (Å²) in [5.41, 5.74) is 7.86. The van der Waals surface area contributed by atoms with Crippen LogP contribution in [-0.2, 0) is 6.42 Å². The molecule has 5 heteroatoms. The van der Waals surface area contributed by atoms with E-state index in [2.05, 4.69) is 4.98 Å². The number of anilines is 2. The highest BCUT2D eigenvalue weighted by Crippen LogP contribution is 2.28. The predicted octanol–water partition coefficient (Wildman–Crippen LogP) is 2.79. The maximum absolute atomic E-state index is 13.4. The van der Waals surface area contributed by atoms with Crippen LogP contribution in [0.1, 0.15) is 28.8 Å². The van der Waals surface area contributed by atoms with Crippen molar-refractivity contribution >= 4 is 17.4 Å². The largest absolute Gasteiger partial charge is 0.383 e. The predicted molar refractivity (Wildman–Crippen MR) is 79.7 cm³/mol. The lowest BCUT2D eigenvalue weighted by atomic mass is 10.1. The van der Waals surface area contributed by atoms with Gasteiger partial charge in [0.1, 0.15) is 11.6 Å². The summed E-state index contributed by atoms with van der Waals surface area (Å²) in [4.78, 5) is 18.1. The van der Waals surface area contributed by atoms with Crippen molar-refractivity contribution in [3.05, 3.63) is 53.5 Å². The van der Waals surface area contributed by atoms with Crippen molar-refractivity contribution in [1.29, 1.82) is 0 Å². The molecule has 1 aromatic carbocycles. The molecule has 0 atom stereocenters. The Morgan fingerprint density at radius 3 is 2.95 bits per heavy atom. The highest BCUT2D eigenvalue weighted by atomic mass is 19.1. The number of fused-ring (bicyclic) bond motifs is 1.